The molecule has 0 radical (unpaired) electrons. The third-order valence-electron chi connectivity index (χ3n) is 5.75. The molecule has 0 saturated heterocycles. The molecule has 2 N–H and O–H groups in total. The van der Waals surface area contributed by atoms with Crippen LogP contribution in [-0.2, 0) is 19.1 Å². The van der Waals surface area contributed by atoms with E-state index in [0.717, 1.165) is 22.3 Å². The molecule has 0 bridgehead atoms. The van der Waals surface area contributed by atoms with Gasteiger partial charge in [-0.25, -0.2) is 14.6 Å². The van der Waals surface area contributed by atoms with Crippen molar-refractivity contribution in [3.63, 3.8) is 0 Å². The Bertz CT molecular complexity index is 1180. The van der Waals surface area contributed by atoms with Gasteiger partial charge in [0.25, 0.3) is 0 Å². The summed E-state index contributed by atoms with van der Waals surface area (Å²) < 4.78 is 15.2. The number of fused-ring (bicyclic) bond motifs is 3. The number of esters is 1. The van der Waals surface area contributed by atoms with Gasteiger partial charge in [-0.2, -0.15) is 0 Å². The second-order valence-corrected chi connectivity index (χ2v) is 7.88. The van der Waals surface area contributed by atoms with Gasteiger partial charge in [0, 0.05) is 5.92 Å². The van der Waals surface area contributed by atoms with E-state index in [4.69, 9.17) is 14.2 Å². The van der Waals surface area contributed by atoms with Crippen LogP contribution in [0.25, 0.3) is 11.1 Å². The number of benzene rings is 2. The lowest BCUT2D eigenvalue weighted by molar-refractivity contribution is -0.144. The van der Waals surface area contributed by atoms with E-state index in [1.54, 1.807) is 12.1 Å². The number of carbonyl (C=O) groups excluding carboxylic acids is 3. The number of carbonyl (C=O) groups is 3. The van der Waals surface area contributed by atoms with E-state index in [-0.39, 0.29) is 24.8 Å². The molecule has 2 amide bonds. The van der Waals surface area contributed by atoms with Gasteiger partial charge in [-0.15, -0.1) is 0 Å². The molecule has 1 unspecified atom stereocenters. The third-order valence-corrected chi connectivity index (χ3v) is 5.75. The van der Waals surface area contributed by atoms with E-state index in [1.165, 1.54) is 20.4 Å². The van der Waals surface area contributed by atoms with Gasteiger partial charge in [0.2, 0.25) is 5.91 Å². The zero-order valence-corrected chi connectivity index (χ0v) is 19.3. The number of nitrogens with one attached hydrogen (secondary N) is 2. The predicted molar refractivity (Wildman–Crippen MR) is 128 cm³/mol. The van der Waals surface area contributed by atoms with Crippen molar-refractivity contribution in [2.45, 2.75) is 18.4 Å². The van der Waals surface area contributed by atoms with Gasteiger partial charge < -0.3 is 24.8 Å². The molecular formula is C26H25N3O6. The van der Waals surface area contributed by atoms with Crippen LogP contribution in [-0.4, -0.2) is 49.8 Å². The molecule has 3 aromatic rings. The van der Waals surface area contributed by atoms with Crippen LogP contribution < -0.4 is 15.4 Å². The van der Waals surface area contributed by atoms with E-state index in [9.17, 15) is 14.4 Å². The van der Waals surface area contributed by atoms with Gasteiger partial charge in [0.1, 0.15) is 24.2 Å². The molecule has 1 aromatic heterocycles. The second-order valence-electron chi connectivity index (χ2n) is 7.88. The van der Waals surface area contributed by atoms with Crippen molar-refractivity contribution in [1.29, 1.82) is 0 Å². The molecule has 4 rings (SSSR count). The molecule has 0 spiro atoms. The quantitative estimate of drug-likeness (QED) is 0.479. The van der Waals surface area contributed by atoms with Gasteiger partial charge in [0.15, 0.2) is 0 Å². The Morgan fingerprint density at radius 1 is 0.943 bits per heavy atom. The number of aromatic nitrogens is 1. The summed E-state index contributed by atoms with van der Waals surface area (Å²) in [5.41, 5.74) is 4.34. The number of ether oxygens (including phenoxy) is 3. The lowest BCUT2D eigenvalue weighted by atomic mass is 9.98. The first-order valence-corrected chi connectivity index (χ1v) is 11.0. The lowest BCUT2D eigenvalue weighted by Crippen LogP contribution is -2.44. The molecule has 1 aliphatic carbocycles. The zero-order valence-electron chi connectivity index (χ0n) is 19.3. The Labute approximate surface area is 202 Å². The highest BCUT2D eigenvalue weighted by Crippen LogP contribution is 2.44. The van der Waals surface area contributed by atoms with E-state index >= 15 is 0 Å². The Morgan fingerprint density at radius 3 is 2.17 bits per heavy atom. The smallest absolute Gasteiger partial charge is 0.407 e. The van der Waals surface area contributed by atoms with E-state index in [2.05, 4.69) is 15.6 Å². The molecule has 0 aliphatic heterocycles. The topological polar surface area (TPSA) is 116 Å². The number of alkyl carbamates (subject to hydrolysis) is 1. The molecule has 1 heterocycles. The maximum absolute atomic E-state index is 12.6. The maximum atomic E-state index is 12.6. The number of nitrogens with zero attached hydrogens (tertiary/aromatic N) is 1. The number of methoxy groups -OCH3 is 2. The van der Waals surface area contributed by atoms with E-state index in [1.807, 2.05) is 48.5 Å². The van der Waals surface area contributed by atoms with Gasteiger partial charge in [-0.3, -0.25) is 4.79 Å². The van der Waals surface area contributed by atoms with Crippen molar-refractivity contribution in [3.05, 3.63) is 78.0 Å². The summed E-state index contributed by atoms with van der Waals surface area (Å²) in [7, 11) is 2.68. The van der Waals surface area contributed by atoms with Gasteiger partial charge in [0.05, 0.1) is 26.8 Å². The van der Waals surface area contributed by atoms with Crippen LogP contribution in [0, 0.1) is 0 Å². The SMILES string of the molecule is COC(=O)C(CC(=O)Nc1ccc(OC)cn1)NC(=O)OCC1c2ccccc2-c2ccccc21. The van der Waals surface area contributed by atoms with Crippen molar-refractivity contribution in [2.75, 3.05) is 26.1 Å². The van der Waals surface area contributed by atoms with Crippen LogP contribution in [0.3, 0.4) is 0 Å². The number of anilines is 1. The summed E-state index contributed by atoms with van der Waals surface area (Å²) in [6.07, 6.45) is 0.269. The fourth-order valence-corrected chi connectivity index (χ4v) is 4.07. The van der Waals surface area contributed by atoms with Crippen LogP contribution >= 0.6 is 0 Å². The molecular weight excluding hydrogens is 450 g/mol. The third kappa shape index (κ3) is 5.40. The first-order valence-electron chi connectivity index (χ1n) is 11.0. The molecule has 9 nitrogen and oxygen atoms in total. The number of rotatable bonds is 8. The highest BCUT2D eigenvalue weighted by atomic mass is 16.6. The van der Waals surface area contributed by atoms with Crippen LogP contribution in [0.15, 0.2) is 66.9 Å². The molecule has 180 valence electrons. The maximum Gasteiger partial charge on any atom is 0.407 e. The Kier molecular flexibility index (Phi) is 7.25. The first kappa shape index (κ1) is 23.7. The average molecular weight is 476 g/mol. The van der Waals surface area contributed by atoms with E-state index < -0.39 is 24.0 Å². The standard InChI is InChI=1S/C26H25N3O6/c1-33-16-11-12-23(27-14-16)29-24(30)13-22(25(31)34-2)28-26(32)35-15-21-19-9-5-3-7-17(19)18-8-4-6-10-20(18)21/h3-12,14,21-22H,13,15H2,1-2H3,(H,28,32)(H,27,29,30). The molecule has 9 heteroatoms. The van der Waals surface area contributed by atoms with Crippen molar-refractivity contribution in [1.82, 2.24) is 10.3 Å². The first-order chi connectivity index (χ1) is 17.0. The van der Waals surface area contributed by atoms with E-state index in [0.29, 0.717) is 5.75 Å². The fourth-order valence-electron chi connectivity index (χ4n) is 4.07. The predicted octanol–water partition coefficient (Wildman–Crippen LogP) is 3.50. The van der Waals surface area contributed by atoms with Gasteiger partial charge in [-0.05, 0) is 34.4 Å². The molecule has 0 saturated carbocycles. The van der Waals surface area contributed by atoms with Gasteiger partial charge >= 0.3 is 12.1 Å². The second kappa shape index (κ2) is 10.7. The zero-order chi connectivity index (χ0) is 24.8. The van der Waals surface area contributed by atoms with Crippen LogP contribution in [0.1, 0.15) is 23.5 Å². The minimum Gasteiger partial charge on any atom is -0.495 e. The summed E-state index contributed by atoms with van der Waals surface area (Å²) >= 11 is 0. The van der Waals surface area contributed by atoms with Gasteiger partial charge in [-0.1, -0.05) is 48.5 Å². The fraction of sp³-hybridized carbons (Fsp3) is 0.231. The lowest BCUT2D eigenvalue weighted by Gasteiger charge is -2.18. The van der Waals surface area contributed by atoms with Crippen molar-refractivity contribution < 1.29 is 28.6 Å². The summed E-state index contributed by atoms with van der Waals surface area (Å²) in [6, 6.07) is 17.9. The van der Waals surface area contributed by atoms with Crippen LogP contribution in [0.5, 0.6) is 5.75 Å². The number of pyridine rings is 1. The largest absolute Gasteiger partial charge is 0.495 e. The Hall–Kier alpha value is -4.40. The van der Waals surface area contributed by atoms with Crippen molar-refractivity contribution in [2.24, 2.45) is 0 Å². The minimum atomic E-state index is -1.23. The highest BCUT2D eigenvalue weighted by Gasteiger charge is 2.30. The highest BCUT2D eigenvalue weighted by molar-refractivity contribution is 5.94. The summed E-state index contributed by atoms with van der Waals surface area (Å²) in [5, 5.41) is 5.01. The molecule has 0 fully saturated rings. The summed E-state index contributed by atoms with van der Waals surface area (Å²) in [5.74, 6) is -0.615. The number of amides is 2. The monoisotopic (exact) mass is 475 g/mol. The summed E-state index contributed by atoms with van der Waals surface area (Å²) in [6.45, 7) is 0.0791. The molecule has 1 atom stereocenters. The molecule has 1 aliphatic rings. The number of hydrogen-bond acceptors (Lipinski definition) is 7. The summed E-state index contributed by atoms with van der Waals surface area (Å²) in [4.78, 5) is 41.3. The minimum absolute atomic E-state index is 0.0791. The Balaban J connectivity index is 1.37. The normalized spacial score (nSPS) is 12.6. The Morgan fingerprint density at radius 2 is 1.60 bits per heavy atom. The number of hydrogen-bond donors (Lipinski definition) is 2. The molecule has 35 heavy (non-hydrogen) atoms. The van der Waals surface area contributed by atoms with Crippen LogP contribution in [0.4, 0.5) is 10.6 Å². The van der Waals surface area contributed by atoms with Crippen LogP contribution in [0.2, 0.25) is 0 Å². The van der Waals surface area contributed by atoms with Crippen molar-refractivity contribution in [3.8, 4) is 16.9 Å². The van der Waals surface area contributed by atoms with Crippen molar-refractivity contribution >= 4 is 23.8 Å². The average Bonchev–Trinajstić information content (AvgIpc) is 3.20. The molecule has 2 aromatic carbocycles.